The number of aromatic amines is 1. The SMILES string of the molecule is CC(N)c1cc(=O)[nH]c(-c2cccc([N+](=O)[O-])c2)n1. The van der Waals surface area contributed by atoms with E-state index in [2.05, 4.69) is 9.97 Å². The molecule has 0 saturated carbocycles. The molecule has 1 atom stereocenters. The molecule has 1 aromatic carbocycles. The molecule has 0 aliphatic rings. The first kappa shape index (κ1) is 12.9. The Kier molecular flexibility index (Phi) is 3.39. The summed E-state index contributed by atoms with van der Waals surface area (Å²) in [6.45, 7) is 1.71. The van der Waals surface area contributed by atoms with E-state index in [4.69, 9.17) is 5.73 Å². The van der Waals surface area contributed by atoms with Gasteiger partial charge < -0.3 is 10.7 Å². The van der Waals surface area contributed by atoms with Gasteiger partial charge in [0.15, 0.2) is 0 Å². The standard InChI is InChI=1S/C12H12N4O3/c1-7(13)10-6-11(17)15-12(14-10)8-3-2-4-9(5-8)16(18)19/h2-7H,13H2,1H3,(H,14,15,17). The average molecular weight is 260 g/mol. The van der Waals surface area contributed by atoms with E-state index in [1.54, 1.807) is 13.0 Å². The summed E-state index contributed by atoms with van der Waals surface area (Å²) in [5.41, 5.74) is 6.18. The lowest BCUT2D eigenvalue weighted by atomic mass is 10.1. The molecule has 0 spiro atoms. The van der Waals surface area contributed by atoms with Gasteiger partial charge in [-0.3, -0.25) is 14.9 Å². The number of hydrogen-bond acceptors (Lipinski definition) is 5. The number of hydrogen-bond donors (Lipinski definition) is 2. The van der Waals surface area contributed by atoms with Gasteiger partial charge in [0.05, 0.1) is 10.6 Å². The molecule has 7 heteroatoms. The van der Waals surface area contributed by atoms with Crippen molar-refractivity contribution in [3.05, 3.63) is 56.5 Å². The summed E-state index contributed by atoms with van der Waals surface area (Å²) in [4.78, 5) is 28.5. The van der Waals surface area contributed by atoms with Crippen LogP contribution < -0.4 is 11.3 Å². The number of aromatic nitrogens is 2. The van der Waals surface area contributed by atoms with Crippen molar-refractivity contribution in [1.29, 1.82) is 0 Å². The molecule has 3 N–H and O–H groups in total. The number of nitro groups is 1. The molecule has 0 saturated heterocycles. The topological polar surface area (TPSA) is 115 Å². The lowest BCUT2D eigenvalue weighted by Crippen LogP contribution is -2.15. The van der Waals surface area contributed by atoms with Crippen molar-refractivity contribution < 1.29 is 4.92 Å². The lowest BCUT2D eigenvalue weighted by Gasteiger charge is -2.06. The van der Waals surface area contributed by atoms with Crippen LogP contribution in [0, 0.1) is 10.1 Å². The van der Waals surface area contributed by atoms with Crippen molar-refractivity contribution in [2.24, 2.45) is 5.73 Å². The molecular formula is C12H12N4O3. The van der Waals surface area contributed by atoms with Crippen LogP contribution in [0.5, 0.6) is 0 Å². The van der Waals surface area contributed by atoms with E-state index in [-0.39, 0.29) is 23.1 Å². The summed E-state index contributed by atoms with van der Waals surface area (Å²) >= 11 is 0. The van der Waals surface area contributed by atoms with E-state index >= 15 is 0 Å². The summed E-state index contributed by atoms with van der Waals surface area (Å²) in [6.07, 6.45) is 0. The maximum atomic E-state index is 11.5. The molecule has 0 aliphatic carbocycles. The molecule has 0 amide bonds. The van der Waals surface area contributed by atoms with Gasteiger partial charge >= 0.3 is 0 Å². The normalized spacial score (nSPS) is 12.1. The van der Waals surface area contributed by atoms with Crippen molar-refractivity contribution >= 4 is 5.69 Å². The van der Waals surface area contributed by atoms with Gasteiger partial charge in [-0.2, -0.15) is 0 Å². The van der Waals surface area contributed by atoms with Crippen molar-refractivity contribution in [3.8, 4) is 11.4 Å². The highest BCUT2D eigenvalue weighted by atomic mass is 16.6. The highest BCUT2D eigenvalue weighted by molar-refractivity contribution is 5.59. The van der Waals surface area contributed by atoms with Crippen LogP contribution in [-0.4, -0.2) is 14.9 Å². The number of H-pyrrole nitrogens is 1. The quantitative estimate of drug-likeness (QED) is 0.638. The first-order chi connectivity index (χ1) is 8.97. The van der Waals surface area contributed by atoms with Gasteiger partial charge in [-0.25, -0.2) is 4.98 Å². The molecule has 1 unspecified atom stereocenters. The number of non-ortho nitro benzene ring substituents is 1. The minimum Gasteiger partial charge on any atom is -0.323 e. The molecule has 98 valence electrons. The van der Waals surface area contributed by atoms with E-state index in [1.807, 2.05) is 0 Å². The first-order valence-electron chi connectivity index (χ1n) is 5.59. The molecule has 0 radical (unpaired) electrons. The fourth-order valence-corrected chi connectivity index (χ4v) is 1.61. The fourth-order valence-electron chi connectivity index (χ4n) is 1.61. The molecule has 1 aromatic heterocycles. The molecule has 0 aliphatic heterocycles. The third kappa shape index (κ3) is 2.83. The third-order valence-corrected chi connectivity index (χ3v) is 2.56. The van der Waals surface area contributed by atoms with Crippen molar-refractivity contribution in [2.75, 3.05) is 0 Å². The smallest absolute Gasteiger partial charge is 0.270 e. The van der Waals surface area contributed by atoms with E-state index in [0.29, 0.717) is 11.3 Å². The maximum absolute atomic E-state index is 11.5. The zero-order chi connectivity index (χ0) is 14.0. The van der Waals surface area contributed by atoms with E-state index in [9.17, 15) is 14.9 Å². The Hall–Kier alpha value is -2.54. The minimum absolute atomic E-state index is 0.0636. The van der Waals surface area contributed by atoms with E-state index in [1.165, 1.54) is 24.3 Å². The minimum atomic E-state index is -0.503. The average Bonchev–Trinajstić information content (AvgIpc) is 2.38. The number of rotatable bonds is 3. The van der Waals surface area contributed by atoms with Crippen molar-refractivity contribution in [2.45, 2.75) is 13.0 Å². The van der Waals surface area contributed by atoms with E-state index < -0.39 is 4.92 Å². The second-order valence-electron chi connectivity index (χ2n) is 4.11. The Morgan fingerprint density at radius 2 is 2.16 bits per heavy atom. The van der Waals surface area contributed by atoms with Crippen LogP contribution in [-0.2, 0) is 0 Å². The molecule has 19 heavy (non-hydrogen) atoms. The number of nitro benzene ring substituents is 1. The third-order valence-electron chi connectivity index (χ3n) is 2.56. The van der Waals surface area contributed by atoms with Gasteiger partial charge in [0.2, 0.25) is 0 Å². The predicted molar refractivity (Wildman–Crippen MR) is 69.6 cm³/mol. The Morgan fingerprint density at radius 3 is 2.79 bits per heavy atom. The van der Waals surface area contributed by atoms with Crippen molar-refractivity contribution in [3.63, 3.8) is 0 Å². The number of nitrogens with one attached hydrogen (secondary N) is 1. The van der Waals surface area contributed by atoms with Crippen molar-refractivity contribution in [1.82, 2.24) is 9.97 Å². The lowest BCUT2D eigenvalue weighted by molar-refractivity contribution is -0.384. The zero-order valence-corrected chi connectivity index (χ0v) is 10.2. The molecule has 2 aromatic rings. The molecule has 0 bridgehead atoms. The fraction of sp³-hybridized carbons (Fsp3) is 0.167. The van der Waals surface area contributed by atoms with Gasteiger partial charge in [-0.15, -0.1) is 0 Å². The molecule has 0 fully saturated rings. The summed E-state index contributed by atoms with van der Waals surface area (Å²) in [5.74, 6) is 0.267. The summed E-state index contributed by atoms with van der Waals surface area (Å²) in [5, 5.41) is 10.7. The largest absolute Gasteiger partial charge is 0.323 e. The summed E-state index contributed by atoms with van der Waals surface area (Å²) < 4.78 is 0. The van der Waals surface area contributed by atoms with Gasteiger partial charge in [0.25, 0.3) is 11.2 Å². The second kappa shape index (κ2) is 4.99. The van der Waals surface area contributed by atoms with Gasteiger partial charge in [0.1, 0.15) is 5.82 Å². The molecule has 7 nitrogen and oxygen atoms in total. The Labute approximate surface area is 108 Å². The second-order valence-corrected chi connectivity index (χ2v) is 4.11. The predicted octanol–water partition coefficient (Wildman–Crippen LogP) is 1.36. The molecule has 2 rings (SSSR count). The Balaban J connectivity index is 2.55. The van der Waals surface area contributed by atoms with Gasteiger partial charge in [-0.05, 0) is 6.92 Å². The maximum Gasteiger partial charge on any atom is 0.270 e. The van der Waals surface area contributed by atoms with Gasteiger partial charge in [-0.1, -0.05) is 12.1 Å². The van der Waals surface area contributed by atoms with Crippen LogP contribution in [0.3, 0.4) is 0 Å². The van der Waals surface area contributed by atoms with Crippen LogP contribution in [0.25, 0.3) is 11.4 Å². The van der Waals surface area contributed by atoms with Crippen LogP contribution in [0.2, 0.25) is 0 Å². The highest BCUT2D eigenvalue weighted by Gasteiger charge is 2.11. The van der Waals surface area contributed by atoms with Gasteiger partial charge in [0, 0.05) is 29.8 Å². The van der Waals surface area contributed by atoms with Crippen LogP contribution in [0.4, 0.5) is 5.69 Å². The monoisotopic (exact) mass is 260 g/mol. The Bertz CT molecular complexity index is 679. The number of nitrogens with two attached hydrogens (primary N) is 1. The zero-order valence-electron chi connectivity index (χ0n) is 10.2. The number of benzene rings is 1. The Morgan fingerprint density at radius 1 is 1.42 bits per heavy atom. The van der Waals surface area contributed by atoms with Crippen LogP contribution in [0.15, 0.2) is 35.1 Å². The molecular weight excluding hydrogens is 248 g/mol. The molecule has 1 heterocycles. The van der Waals surface area contributed by atoms with Crippen LogP contribution >= 0.6 is 0 Å². The summed E-state index contributed by atoms with van der Waals surface area (Å²) in [7, 11) is 0. The van der Waals surface area contributed by atoms with E-state index in [0.717, 1.165) is 0 Å². The van der Waals surface area contributed by atoms with Crippen LogP contribution in [0.1, 0.15) is 18.7 Å². The number of nitrogens with zero attached hydrogens (tertiary/aromatic N) is 2. The highest BCUT2D eigenvalue weighted by Crippen LogP contribution is 2.20. The summed E-state index contributed by atoms with van der Waals surface area (Å²) in [6, 6.07) is 6.81. The first-order valence-corrected chi connectivity index (χ1v) is 5.59.